The summed E-state index contributed by atoms with van der Waals surface area (Å²) in [5.41, 5.74) is 0.781. The van der Waals surface area contributed by atoms with Gasteiger partial charge in [-0.05, 0) is 32.2 Å². The molecule has 1 unspecified atom stereocenters. The van der Waals surface area contributed by atoms with E-state index in [-0.39, 0.29) is 0 Å². The number of benzene rings is 1. The van der Waals surface area contributed by atoms with Crippen LogP contribution >= 0.6 is 0 Å². The largest absolute Gasteiger partial charge is 0.383 e. The van der Waals surface area contributed by atoms with Gasteiger partial charge in [0, 0.05) is 12.7 Å². The third kappa shape index (κ3) is 2.38. The van der Waals surface area contributed by atoms with Crippen molar-refractivity contribution in [3.05, 3.63) is 48.3 Å². The van der Waals surface area contributed by atoms with E-state index in [1.165, 1.54) is 0 Å². The molecule has 0 spiro atoms. The summed E-state index contributed by atoms with van der Waals surface area (Å²) >= 11 is 0. The Kier molecular flexibility index (Phi) is 3.26. The first-order valence-electron chi connectivity index (χ1n) is 5.62. The highest BCUT2D eigenvalue weighted by molar-refractivity contribution is 5.33. The Morgan fingerprint density at radius 1 is 1.29 bits per heavy atom. The van der Waals surface area contributed by atoms with E-state index >= 15 is 0 Å². The molecule has 4 heteroatoms. The quantitative estimate of drug-likeness (QED) is 0.834. The molecule has 0 saturated heterocycles. The molecular weight excluding hydrogens is 214 g/mol. The van der Waals surface area contributed by atoms with Crippen molar-refractivity contribution < 1.29 is 5.11 Å². The van der Waals surface area contributed by atoms with Crippen molar-refractivity contribution in [1.29, 1.82) is 0 Å². The minimum Gasteiger partial charge on any atom is -0.383 e. The van der Waals surface area contributed by atoms with Gasteiger partial charge in [-0.1, -0.05) is 18.2 Å². The maximum atomic E-state index is 10.4. The smallest absolute Gasteiger partial charge is 0.116 e. The van der Waals surface area contributed by atoms with Gasteiger partial charge in [-0.25, -0.2) is 4.68 Å². The first-order valence-corrected chi connectivity index (χ1v) is 5.62. The van der Waals surface area contributed by atoms with Gasteiger partial charge in [0.05, 0.1) is 11.4 Å². The van der Waals surface area contributed by atoms with Crippen LogP contribution in [0.2, 0.25) is 0 Å². The van der Waals surface area contributed by atoms with Gasteiger partial charge < -0.3 is 10.4 Å². The summed E-state index contributed by atoms with van der Waals surface area (Å²) in [4.78, 5) is 0. The molecule has 4 nitrogen and oxygen atoms in total. The molecule has 1 aromatic carbocycles. The van der Waals surface area contributed by atoms with E-state index in [0.717, 1.165) is 11.4 Å². The fourth-order valence-corrected chi connectivity index (χ4v) is 1.92. The standard InChI is InChI=1S/C13H17N3O/c1-13(17,10-14-2)12-8-9-15-16(12)11-6-4-3-5-7-11/h3-9,14,17H,10H2,1-2H3. The van der Waals surface area contributed by atoms with Crippen molar-refractivity contribution >= 4 is 0 Å². The summed E-state index contributed by atoms with van der Waals surface area (Å²) in [5, 5.41) is 17.6. The fourth-order valence-electron chi connectivity index (χ4n) is 1.92. The molecule has 1 aromatic heterocycles. The molecular formula is C13H17N3O. The van der Waals surface area contributed by atoms with E-state index in [0.29, 0.717) is 6.54 Å². The molecule has 0 amide bonds. The lowest BCUT2D eigenvalue weighted by atomic mass is 10.0. The number of rotatable bonds is 4. The van der Waals surface area contributed by atoms with Crippen LogP contribution in [-0.2, 0) is 5.60 Å². The van der Waals surface area contributed by atoms with Crippen LogP contribution in [0.3, 0.4) is 0 Å². The van der Waals surface area contributed by atoms with Crippen molar-refractivity contribution in [2.75, 3.05) is 13.6 Å². The molecule has 90 valence electrons. The molecule has 0 aliphatic heterocycles. The molecule has 0 aliphatic rings. The average molecular weight is 231 g/mol. The maximum Gasteiger partial charge on any atom is 0.116 e. The average Bonchev–Trinajstić information content (AvgIpc) is 2.79. The maximum absolute atomic E-state index is 10.4. The molecule has 2 rings (SSSR count). The third-order valence-corrected chi connectivity index (χ3v) is 2.72. The van der Waals surface area contributed by atoms with Gasteiger partial charge in [-0.2, -0.15) is 5.10 Å². The first-order chi connectivity index (χ1) is 8.15. The van der Waals surface area contributed by atoms with Crippen molar-refractivity contribution in [3.63, 3.8) is 0 Å². The van der Waals surface area contributed by atoms with Crippen LogP contribution in [0.5, 0.6) is 0 Å². The highest BCUT2D eigenvalue weighted by atomic mass is 16.3. The number of para-hydroxylation sites is 1. The number of hydrogen-bond donors (Lipinski definition) is 2. The second kappa shape index (κ2) is 4.69. The van der Waals surface area contributed by atoms with Gasteiger partial charge in [-0.15, -0.1) is 0 Å². The van der Waals surface area contributed by atoms with Crippen LogP contribution in [0.4, 0.5) is 0 Å². The van der Waals surface area contributed by atoms with Crippen molar-refractivity contribution in [1.82, 2.24) is 15.1 Å². The van der Waals surface area contributed by atoms with Crippen LogP contribution < -0.4 is 5.32 Å². The van der Waals surface area contributed by atoms with Crippen molar-refractivity contribution in [3.8, 4) is 5.69 Å². The van der Waals surface area contributed by atoms with Crippen LogP contribution in [0, 0.1) is 0 Å². The zero-order valence-electron chi connectivity index (χ0n) is 10.1. The molecule has 0 radical (unpaired) electrons. The number of nitrogens with one attached hydrogen (secondary N) is 1. The molecule has 17 heavy (non-hydrogen) atoms. The predicted molar refractivity (Wildman–Crippen MR) is 67.1 cm³/mol. The van der Waals surface area contributed by atoms with Gasteiger partial charge in [0.15, 0.2) is 0 Å². The summed E-state index contributed by atoms with van der Waals surface area (Å²) in [6.45, 7) is 2.26. The third-order valence-electron chi connectivity index (χ3n) is 2.72. The van der Waals surface area contributed by atoms with E-state index < -0.39 is 5.60 Å². The SMILES string of the molecule is CNCC(C)(O)c1ccnn1-c1ccccc1. The minimum absolute atomic E-state index is 0.478. The Balaban J connectivity index is 2.42. The molecule has 1 heterocycles. The van der Waals surface area contributed by atoms with E-state index in [1.54, 1.807) is 17.8 Å². The van der Waals surface area contributed by atoms with Crippen LogP contribution in [0.25, 0.3) is 5.69 Å². The Morgan fingerprint density at radius 2 is 2.00 bits per heavy atom. The van der Waals surface area contributed by atoms with E-state index in [9.17, 15) is 5.11 Å². The fraction of sp³-hybridized carbons (Fsp3) is 0.308. The van der Waals surface area contributed by atoms with E-state index in [2.05, 4.69) is 10.4 Å². The highest BCUT2D eigenvalue weighted by Crippen LogP contribution is 2.22. The Bertz CT molecular complexity index is 476. The lowest BCUT2D eigenvalue weighted by Gasteiger charge is -2.24. The van der Waals surface area contributed by atoms with Gasteiger partial charge in [0.25, 0.3) is 0 Å². The summed E-state index contributed by atoms with van der Waals surface area (Å²) in [7, 11) is 1.82. The van der Waals surface area contributed by atoms with Crippen molar-refractivity contribution in [2.45, 2.75) is 12.5 Å². The van der Waals surface area contributed by atoms with Gasteiger partial charge in [0.1, 0.15) is 5.60 Å². The van der Waals surface area contributed by atoms with E-state index in [4.69, 9.17) is 0 Å². The number of hydrogen-bond acceptors (Lipinski definition) is 3. The number of aromatic nitrogens is 2. The first kappa shape index (κ1) is 11.8. The Hall–Kier alpha value is -1.65. The van der Waals surface area contributed by atoms with E-state index in [1.807, 2.05) is 43.4 Å². The van der Waals surface area contributed by atoms with Gasteiger partial charge >= 0.3 is 0 Å². The Labute approximate surface area is 101 Å². The molecule has 0 saturated carbocycles. The second-order valence-corrected chi connectivity index (χ2v) is 4.27. The topological polar surface area (TPSA) is 50.1 Å². The summed E-state index contributed by atoms with van der Waals surface area (Å²) in [6.07, 6.45) is 1.70. The number of likely N-dealkylation sites (N-methyl/N-ethyl adjacent to an activating group) is 1. The zero-order valence-corrected chi connectivity index (χ0v) is 10.1. The van der Waals surface area contributed by atoms with Crippen LogP contribution in [-0.4, -0.2) is 28.5 Å². The monoisotopic (exact) mass is 231 g/mol. The summed E-state index contributed by atoms with van der Waals surface area (Å²) < 4.78 is 1.76. The van der Waals surface area contributed by atoms with Crippen molar-refractivity contribution in [2.24, 2.45) is 0 Å². The lowest BCUT2D eigenvalue weighted by Crippen LogP contribution is -2.35. The lowest BCUT2D eigenvalue weighted by molar-refractivity contribution is 0.0521. The second-order valence-electron chi connectivity index (χ2n) is 4.27. The zero-order chi connectivity index (χ0) is 12.3. The minimum atomic E-state index is -0.943. The summed E-state index contributed by atoms with van der Waals surface area (Å²) in [6, 6.07) is 11.6. The highest BCUT2D eigenvalue weighted by Gasteiger charge is 2.26. The molecule has 2 N–H and O–H groups in total. The molecule has 0 bridgehead atoms. The van der Waals surface area contributed by atoms with Crippen LogP contribution in [0.15, 0.2) is 42.6 Å². The van der Waals surface area contributed by atoms with Gasteiger partial charge in [-0.3, -0.25) is 0 Å². The molecule has 0 aliphatic carbocycles. The number of aliphatic hydroxyl groups is 1. The normalized spacial score (nSPS) is 14.5. The predicted octanol–water partition coefficient (Wildman–Crippen LogP) is 1.30. The molecule has 0 fully saturated rings. The molecule has 2 aromatic rings. The Morgan fingerprint density at radius 3 is 2.65 bits per heavy atom. The van der Waals surface area contributed by atoms with Gasteiger partial charge in [0.2, 0.25) is 0 Å². The number of nitrogens with zero attached hydrogens (tertiary/aromatic N) is 2. The summed E-state index contributed by atoms with van der Waals surface area (Å²) in [5.74, 6) is 0. The van der Waals surface area contributed by atoms with Crippen LogP contribution in [0.1, 0.15) is 12.6 Å². The molecule has 1 atom stereocenters.